The molecule has 0 radical (unpaired) electrons. The minimum Gasteiger partial charge on any atom is -0.493 e. The van der Waals surface area contributed by atoms with E-state index in [-0.39, 0.29) is 0 Å². The third-order valence-electron chi connectivity index (χ3n) is 4.24. The molecule has 2 nitrogen and oxygen atoms in total. The molecule has 1 aliphatic heterocycles. The lowest BCUT2D eigenvalue weighted by Crippen LogP contribution is -2.31. The van der Waals surface area contributed by atoms with Gasteiger partial charge >= 0.3 is 0 Å². The summed E-state index contributed by atoms with van der Waals surface area (Å²) in [6.45, 7) is 7.65. The van der Waals surface area contributed by atoms with Crippen LogP contribution in [0.2, 0.25) is 0 Å². The lowest BCUT2D eigenvalue weighted by atomic mass is 9.84. The molecule has 0 aliphatic carbocycles. The van der Waals surface area contributed by atoms with Crippen molar-refractivity contribution in [3.05, 3.63) is 28.2 Å². The number of piperidine rings is 1. The van der Waals surface area contributed by atoms with E-state index in [1.807, 2.05) is 6.07 Å². The lowest BCUT2D eigenvalue weighted by molar-refractivity contribution is 0.215. The van der Waals surface area contributed by atoms with Crippen LogP contribution in [0.25, 0.3) is 0 Å². The van der Waals surface area contributed by atoms with Crippen LogP contribution >= 0.6 is 15.9 Å². The third kappa shape index (κ3) is 4.22. The van der Waals surface area contributed by atoms with Gasteiger partial charge in [-0.2, -0.15) is 0 Å². The summed E-state index contributed by atoms with van der Waals surface area (Å²) < 4.78 is 7.06. The summed E-state index contributed by atoms with van der Waals surface area (Å²) in [5, 5.41) is 3.43. The van der Waals surface area contributed by atoms with Crippen molar-refractivity contribution in [3.8, 4) is 5.75 Å². The van der Waals surface area contributed by atoms with Gasteiger partial charge in [0.05, 0.1) is 6.61 Å². The van der Waals surface area contributed by atoms with Crippen LogP contribution in [0.4, 0.5) is 0 Å². The summed E-state index contributed by atoms with van der Waals surface area (Å²) >= 11 is 3.54. The molecule has 1 N–H and O–H groups in total. The van der Waals surface area contributed by atoms with E-state index in [2.05, 4.69) is 47.2 Å². The first-order valence-electron chi connectivity index (χ1n) is 7.27. The Bertz CT molecular complexity index is 402. The first-order chi connectivity index (χ1) is 9.18. The van der Waals surface area contributed by atoms with Crippen molar-refractivity contribution < 1.29 is 4.74 Å². The van der Waals surface area contributed by atoms with Gasteiger partial charge in [-0.1, -0.05) is 28.9 Å². The molecule has 1 aliphatic rings. The van der Waals surface area contributed by atoms with Crippen molar-refractivity contribution in [1.82, 2.24) is 5.32 Å². The number of nitrogens with one attached hydrogen (secondary N) is 1. The molecule has 3 heteroatoms. The van der Waals surface area contributed by atoms with Crippen LogP contribution in [-0.4, -0.2) is 19.7 Å². The molecule has 1 aromatic rings. The number of hydrogen-bond donors (Lipinski definition) is 1. The van der Waals surface area contributed by atoms with Crippen LogP contribution < -0.4 is 10.1 Å². The minimum atomic E-state index is 0.759. The molecule has 2 rings (SSSR count). The summed E-state index contributed by atoms with van der Waals surface area (Å²) in [6, 6.07) is 6.14. The Morgan fingerprint density at radius 3 is 2.84 bits per heavy atom. The van der Waals surface area contributed by atoms with E-state index in [1.165, 1.54) is 31.5 Å². The highest BCUT2D eigenvalue weighted by molar-refractivity contribution is 9.10. The SMILES string of the molecule is Cc1c(Br)cccc1OCC[C@H](C)C1CCNCC1. The molecule has 1 fully saturated rings. The fourth-order valence-corrected chi connectivity index (χ4v) is 3.10. The Hall–Kier alpha value is -0.540. The van der Waals surface area contributed by atoms with Crippen LogP contribution in [0.1, 0.15) is 31.7 Å². The van der Waals surface area contributed by atoms with Crippen LogP contribution in [0.5, 0.6) is 5.75 Å². The van der Waals surface area contributed by atoms with Gasteiger partial charge in [-0.25, -0.2) is 0 Å². The van der Waals surface area contributed by atoms with Crippen molar-refractivity contribution in [2.75, 3.05) is 19.7 Å². The van der Waals surface area contributed by atoms with Crippen molar-refractivity contribution in [3.63, 3.8) is 0 Å². The highest BCUT2D eigenvalue weighted by atomic mass is 79.9. The van der Waals surface area contributed by atoms with Crippen molar-refractivity contribution >= 4 is 15.9 Å². The molecule has 0 bridgehead atoms. The first-order valence-corrected chi connectivity index (χ1v) is 8.06. The van der Waals surface area contributed by atoms with Gasteiger partial charge in [0.15, 0.2) is 0 Å². The van der Waals surface area contributed by atoms with Gasteiger partial charge in [-0.3, -0.25) is 0 Å². The molecule has 1 heterocycles. The molecular formula is C16H24BrNO. The fourth-order valence-electron chi connectivity index (χ4n) is 2.75. The van der Waals surface area contributed by atoms with E-state index in [4.69, 9.17) is 4.74 Å². The zero-order valence-corrected chi connectivity index (χ0v) is 13.5. The molecule has 1 aromatic carbocycles. The Morgan fingerprint density at radius 2 is 2.11 bits per heavy atom. The average Bonchev–Trinajstić information content (AvgIpc) is 2.44. The largest absolute Gasteiger partial charge is 0.493 e. The molecule has 1 atom stereocenters. The topological polar surface area (TPSA) is 21.3 Å². The Morgan fingerprint density at radius 1 is 1.37 bits per heavy atom. The van der Waals surface area contributed by atoms with Gasteiger partial charge in [0.25, 0.3) is 0 Å². The third-order valence-corrected chi connectivity index (χ3v) is 5.10. The zero-order valence-electron chi connectivity index (χ0n) is 11.9. The molecule has 0 spiro atoms. The van der Waals surface area contributed by atoms with E-state index in [0.717, 1.165) is 35.1 Å². The first kappa shape index (κ1) is 14.9. The standard InChI is InChI=1S/C16H24BrNO/c1-12(14-6-9-18-10-7-14)8-11-19-16-5-3-4-15(17)13(16)2/h3-5,12,14,18H,6-11H2,1-2H3/t12-/m0/s1. The predicted octanol–water partition coefficient (Wildman–Crippen LogP) is 4.16. The van der Waals surface area contributed by atoms with Crippen LogP contribution in [0, 0.1) is 18.8 Å². The van der Waals surface area contributed by atoms with Gasteiger partial charge in [0.2, 0.25) is 0 Å². The zero-order chi connectivity index (χ0) is 13.7. The van der Waals surface area contributed by atoms with Crippen molar-refractivity contribution in [2.24, 2.45) is 11.8 Å². The summed E-state index contributed by atoms with van der Waals surface area (Å²) in [5.41, 5.74) is 1.19. The maximum absolute atomic E-state index is 5.93. The highest BCUT2D eigenvalue weighted by Crippen LogP contribution is 2.27. The fraction of sp³-hybridized carbons (Fsp3) is 0.625. The smallest absolute Gasteiger partial charge is 0.123 e. The maximum atomic E-state index is 5.93. The molecule has 0 aromatic heterocycles. The molecule has 19 heavy (non-hydrogen) atoms. The quantitative estimate of drug-likeness (QED) is 0.877. The average molecular weight is 326 g/mol. The lowest BCUT2D eigenvalue weighted by Gasteiger charge is -2.28. The van der Waals surface area contributed by atoms with E-state index in [1.54, 1.807) is 0 Å². The van der Waals surface area contributed by atoms with E-state index in [0.29, 0.717) is 0 Å². The van der Waals surface area contributed by atoms with Gasteiger partial charge in [0.1, 0.15) is 5.75 Å². The Balaban J connectivity index is 1.78. The number of halogens is 1. The van der Waals surface area contributed by atoms with Crippen LogP contribution in [0.15, 0.2) is 22.7 Å². The van der Waals surface area contributed by atoms with Gasteiger partial charge < -0.3 is 10.1 Å². The predicted molar refractivity (Wildman–Crippen MR) is 83.7 cm³/mol. The van der Waals surface area contributed by atoms with Crippen LogP contribution in [-0.2, 0) is 0 Å². The Kier molecular flexibility index (Phi) is 5.71. The Labute approximate surface area is 125 Å². The monoisotopic (exact) mass is 325 g/mol. The molecule has 0 unspecified atom stereocenters. The van der Waals surface area contributed by atoms with E-state index in [9.17, 15) is 0 Å². The number of benzene rings is 1. The molecular weight excluding hydrogens is 302 g/mol. The minimum absolute atomic E-state index is 0.759. The van der Waals surface area contributed by atoms with Crippen molar-refractivity contribution in [2.45, 2.75) is 33.1 Å². The van der Waals surface area contributed by atoms with Crippen molar-refractivity contribution in [1.29, 1.82) is 0 Å². The number of ether oxygens (including phenoxy) is 1. The highest BCUT2D eigenvalue weighted by Gasteiger charge is 2.19. The summed E-state index contributed by atoms with van der Waals surface area (Å²) in [5.74, 6) is 2.63. The summed E-state index contributed by atoms with van der Waals surface area (Å²) in [7, 11) is 0. The van der Waals surface area contributed by atoms with Gasteiger partial charge in [0, 0.05) is 10.0 Å². The molecule has 1 saturated heterocycles. The molecule has 106 valence electrons. The number of rotatable bonds is 5. The summed E-state index contributed by atoms with van der Waals surface area (Å²) in [6.07, 6.45) is 3.78. The normalized spacial score (nSPS) is 18.3. The second-order valence-corrected chi connectivity index (χ2v) is 6.42. The van der Waals surface area contributed by atoms with E-state index >= 15 is 0 Å². The molecule has 0 amide bonds. The van der Waals surface area contributed by atoms with Gasteiger partial charge in [-0.05, 0) is 63.2 Å². The van der Waals surface area contributed by atoms with E-state index < -0.39 is 0 Å². The maximum Gasteiger partial charge on any atom is 0.123 e. The van der Waals surface area contributed by atoms with Gasteiger partial charge in [-0.15, -0.1) is 0 Å². The second kappa shape index (κ2) is 7.30. The number of hydrogen-bond acceptors (Lipinski definition) is 2. The summed E-state index contributed by atoms with van der Waals surface area (Å²) in [4.78, 5) is 0. The van der Waals surface area contributed by atoms with Crippen LogP contribution in [0.3, 0.4) is 0 Å². The molecule has 0 saturated carbocycles. The second-order valence-electron chi connectivity index (χ2n) is 5.56.